The van der Waals surface area contributed by atoms with Gasteiger partial charge in [0.15, 0.2) is 0 Å². The summed E-state index contributed by atoms with van der Waals surface area (Å²) in [5.41, 5.74) is 0. The second kappa shape index (κ2) is 10.8. The number of carbonyl (C=O) groups excluding carboxylic acids is 1. The molecule has 112 valence electrons. The van der Waals surface area contributed by atoms with E-state index in [2.05, 4.69) is 12.2 Å². The van der Waals surface area contributed by atoms with Gasteiger partial charge in [-0.25, -0.2) is 0 Å². The summed E-state index contributed by atoms with van der Waals surface area (Å²) in [6.45, 7) is 5.24. The summed E-state index contributed by atoms with van der Waals surface area (Å²) in [6, 6.07) is 0. The SMILES string of the molecule is CCC(CCNC(=O)CC(C)COC)CCC(=O)O. The maximum Gasteiger partial charge on any atom is 0.303 e. The zero-order valence-corrected chi connectivity index (χ0v) is 12.3. The molecular formula is C14H27NO4. The summed E-state index contributed by atoms with van der Waals surface area (Å²) in [6.07, 6.45) is 3.15. The minimum absolute atomic E-state index is 0.0395. The molecule has 5 heteroatoms. The molecule has 0 saturated carbocycles. The van der Waals surface area contributed by atoms with Gasteiger partial charge in [0.05, 0.1) is 0 Å². The van der Waals surface area contributed by atoms with Crippen molar-refractivity contribution in [2.75, 3.05) is 20.3 Å². The molecule has 0 aliphatic heterocycles. The topological polar surface area (TPSA) is 75.6 Å². The van der Waals surface area contributed by atoms with Crippen LogP contribution in [0.4, 0.5) is 0 Å². The average Bonchev–Trinajstić information content (AvgIpc) is 2.33. The van der Waals surface area contributed by atoms with Crippen molar-refractivity contribution in [1.82, 2.24) is 5.32 Å². The third-order valence-corrected chi connectivity index (χ3v) is 3.20. The first-order chi connectivity index (χ1) is 8.99. The van der Waals surface area contributed by atoms with Crippen molar-refractivity contribution in [2.24, 2.45) is 11.8 Å². The van der Waals surface area contributed by atoms with Crippen molar-refractivity contribution in [3.05, 3.63) is 0 Å². The lowest BCUT2D eigenvalue weighted by Crippen LogP contribution is -2.28. The Labute approximate surface area is 115 Å². The number of methoxy groups -OCH3 is 1. The summed E-state index contributed by atoms with van der Waals surface area (Å²) in [5.74, 6) is -0.125. The lowest BCUT2D eigenvalue weighted by molar-refractivity contribution is -0.137. The number of rotatable bonds is 11. The largest absolute Gasteiger partial charge is 0.481 e. The number of hydrogen-bond acceptors (Lipinski definition) is 3. The second-order valence-electron chi connectivity index (χ2n) is 5.11. The molecule has 2 N–H and O–H groups in total. The van der Waals surface area contributed by atoms with Crippen LogP contribution in [0.5, 0.6) is 0 Å². The smallest absolute Gasteiger partial charge is 0.303 e. The number of carbonyl (C=O) groups is 2. The van der Waals surface area contributed by atoms with Gasteiger partial charge in [0.2, 0.25) is 5.91 Å². The average molecular weight is 273 g/mol. The Morgan fingerprint density at radius 3 is 2.53 bits per heavy atom. The molecular weight excluding hydrogens is 246 g/mol. The second-order valence-corrected chi connectivity index (χ2v) is 5.11. The summed E-state index contributed by atoms with van der Waals surface area (Å²) < 4.78 is 4.98. The minimum Gasteiger partial charge on any atom is -0.481 e. The molecule has 0 rings (SSSR count). The highest BCUT2D eigenvalue weighted by atomic mass is 16.5. The molecule has 0 aromatic carbocycles. The number of ether oxygens (including phenoxy) is 1. The van der Waals surface area contributed by atoms with Crippen LogP contribution in [0.3, 0.4) is 0 Å². The number of nitrogens with one attached hydrogen (secondary N) is 1. The molecule has 0 aliphatic carbocycles. The van der Waals surface area contributed by atoms with Crippen molar-refractivity contribution in [1.29, 1.82) is 0 Å². The van der Waals surface area contributed by atoms with E-state index in [9.17, 15) is 9.59 Å². The maximum atomic E-state index is 11.6. The Balaban J connectivity index is 3.74. The number of hydrogen-bond donors (Lipinski definition) is 2. The van der Waals surface area contributed by atoms with Gasteiger partial charge in [0.1, 0.15) is 0 Å². The van der Waals surface area contributed by atoms with Crippen LogP contribution in [-0.2, 0) is 14.3 Å². The first-order valence-corrected chi connectivity index (χ1v) is 6.97. The normalized spacial score (nSPS) is 13.8. The number of carboxylic acid groups (broad SMARTS) is 1. The van der Waals surface area contributed by atoms with Gasteiger partial charge in [-0.2, -0.15) is 0 Å². The fourth-order valence-corrected chi connectivity index (χ4v) is 2.03. The molecule has 0 fully saturated rings. The fraction of sp³-hybridized carbons (Fsp3) is 0.857. The van der Waals surface area contributed by atoms with Crippen molar-refractivity contribution in [3.63, 3.8) is 0 Å². The molecule has 1 amide bonds. The molecule has 19 heavy (non-hydrogen) atoms. The molecule has 0 aromatic rings. The van der Waals surface area contributed by atoms with Crippen LogP contribution < -0.4 is 5.32 Å². The number of amides is 1. The molecule has 0 saturated heterocycles. The van der Waals surface area contributed by atoms with Gasteiger partial charge in [-0.05, 0) is 24.7 Å². The van der Waals surface area contributed by atoms with E-state index in [1.807, 2.05) is 6.92 Å². The van der Waals surface area contributed by atoms with Crippen LogP contribution in [0.15, 0.2) is 0 Å². The standard InChI is InChI=1S/C14H27NO4/c1-4-12(5-6-14(17)18)7-8-15-13(16)9-11(2)10-19-3/h11-12H,4-10H2,1-3H3,(H,15,16)(H,17,18). The lowest BCUT2D eigenvalue weighted by atomic mass is 9.96. The van der Waals surface area contributed by atoms with Gasteiger partial charge in [-0.1, -0.05) is 20.3 Å². The van der Waals surface area contributed by atoms with Crippen molar-refractivity contribution in [2.45, 2.75) is 46.0 Å². The van der Waals surface area contributed by atoms with Crippen LogP contribution in [-0.4, -0.2) is 37.2 Å². The van der Waals surface area contributed by atoms with E-state index in [0.29, 0.717) is 31.9 Å². The molecule has 0 radical (unpaired) electrons. The van der Waals surface area contributed by atoms with Crippen LogP contribution >= 0.6 is 0 Å². The fourth-order valence-electron chi connectivity index (χ4n) is 2.03. The van der Waals surface area contributed by atoms with Crippen LogP contribution in [0.25, 0.3) is 0 Å². The summed E-state index contributed by atoms with van der Waals surface area (Å²) in [4.78, 5) is 22.1. The third-order valence-electron chi connectivity index (χ3n) is 3.20. The van der Waals surface area contributed by atoms with Gasteiger partial charge in [-0.3, -0.25) is 9.59 Å². The quantitative estimate of drug-likeness (QED) is 0.604. The lowest BCUT2D eigenvalue weighted by Gasteiger charge is -2.15. The zero-order chi connectivity index (χ0) is 14.7. The predicted molar refractivity (Wildman–Crippen MR) is 73.9 cm³/mol. The Kier molecular flexibility index (Phi) is 10.2. The molecule has 5 nitrogen and oxygen atoms in total. The molecule has 0 heterocycles. The van der Waals surface area contributed by atoms with Crippen molar-refractivity contribution in [3.8, 4) is 0 Å². The Morgan fingerprint density at radius 2 is 2.00 bits per heavy atom. The van der Waals surface area contributed by atoms with E-state index in [0.717, 1.165) is 12.8 Å². The van der Waals surface area contributed by atoms with E-state index < -0.39 is 5.97 Å². The molecule has 0 aliphatic rings. The minimum atomic E-state index is -0.754. The van der Waals surface area contributed by atoms with Gasteiger partial charge in [0, 0.05) is 33.1 Å². The molecule has 0 aromatic heterocycles. The highest BCUT2D eigenvalue weighted by molar-refractivity contribution is 5.76. The van der Waals surface area contributed by atoms with E-state index in [1.165, 1.54) is 0 Å². The summed E-state index contributed by atoms with van der Waals surface area (Å²) >= 11 is 0. The van der Waals surface area contributed by atoms with Gasteiger partial charge in [-0.15, -0.1) is 0 Å². The summed E-state index contributed by atoms with van der Waals surface area (Å²) in [7, 11) is 1.63. The van der Waals surface area contributed by atoms with Crippen molar-refractivity contribution >= 4 is 11.9 Å². The number of aliphatic carboxylic acids is 1. The zero-order valence-electron chi connectivity index (χ0n) is 12.3. The molecule has 2 unspecified atom stereocenters. The Morgan fingerprint density at radius 1 is 1.32 bits per heavy atom. The van der Waals surface area contributed by atoms with Crippen LogP contribution in [0.1, 0.15) is 46.0 Å². The van der Waals surface area contributed by atoms with Gasteiger partial charge in [0.25, 0.3) is 0 Å². The Bertz CT molecular complexity index is 268. The first kappa shape index (κ1) is 17.9. The molecule has 0 bridgehead atoms. The first-order valence-electron chi connectivity index (χ1n) is 6.97. The van der Waals surface area contributed by atoms with E-state index in [4.69, 9.17) is 9.84 Å². The van der Waals surface area contributed by atoms with Crippen LogP contribution in [0.2, 0.25) is 0 Å². The number of carboxylic acids is 1. The summed E-state index contributed by atoms with van der Waals surface area (Å²) in [5, 5.41) is 11.5. The van der Waals surface area contributed by atoms with Gasteiger partial charge >= 0.3 is 5.97 Å². The third kappa shape index (κ3) is 10.5. The van der Waals surface area contributed by atoms with Gasteiger partial charge < -0.3 is 15.2 Å². The van der Waals surface area contributed by atoms with Crippen molar-refractivity contribution < 1.29 is 19.4 Å². The van der Waals surface area contributed by atoms with Crippen LogP contribution in [0, 0.1) is 11.8 Å². The predicted octanol–water partition coefficient (Wildman–Crippen LogP) is 2.06. The highest BCUT2D eigenvalue weighted by Gasteiger charge is 2.11. The van der Waals surface area contributed by atoms with E-state index in [1.54, 1.807) is 7.11 Å². The molecule has 0 spiro atoms. The highest BCUT2D eigenvalue weighted by Crippen LogP contribution is 2.14. The Hall–Kier alpha value is -1.10. The van der Waals surface area contributed by atoms with E-state index in [-0.39, 0.29) is 18.2 Å². The van der Waals surface area contributed by atoms with E-state index >= 15 is 0 Å². The maximum absolute atomic E-state index is 11.6. The molecule has 2 atom stereocenters. The monoisotopic (exact) mass is 273 g/mol.